The Labute approximate surface area is 102 Å². The van der Waals surface area contributed by atoms with Crippen molar-refractivity contribution in [3.05, 3.63) is 36.7 Å². The van der Waals surface area contributed by atoms with E-state index in [9.17, 15) is 0 Å². The Hall–Kier alpha value is -1.90. The summed E-state index contributed by atoms with van der Waals surface area (Å²) in [5, 5.41) is 0. The van der Waals surface area contributed by atoms with Crippen LogP contribution in [0.4, 0.5) is 5.69 Å². The topological polar surface area (TPSA) is 40.2 Å². The molecule has 1 heterocycles. The summed E-state index contributed by atoms with van der Waals surface area (Å²) in [6, 6.07) is 8.36. The van der Waals surface area contributed by atoms with E-state index in [0.29, 0.717) is 6.04 Å². The lowest BCUT2D eigenvalue weighted by Gasteiger charge is -2.05. The van der Waals surface area contributed by atoms with Gasteiger partial charge < -0.3 is 15.0 Å². The molecule has 1 aromatic heterocycles. The van der Waals surface area contributed by atoms with E-state index in [1.165, 1.54) is 0 Å². The van der Waals surface area contributed by atoms with Crippen molar-refractivity contribution in [3.63, 3.8) is 0 Å². The van der Waals surface area contributed by atoms with Crippen molar-refractivity contribution in [1.82, 2.24) is 4.57 Å². The number of methoxy groups -OCH3 is 1. The summed E-state index contributed by atoms with van der Waals surface area (Å²) in [6.45, 7) is 4.27. The molecule has 0 fully saturated rings. The molecule has 0 saturated heterocycles. The minimum Gasteiger partial charge on any atom is -0.497 e. The Morgan fingerprint density at radius 2 is 1.76 bits per heavy atom. The van der Waals surface area contributed by atoms with Crippen molar-refractivity contribution >= 4 is 5.69 Å². The Balaban J connectivity index is 2.38. The Kier molecular flexibility index (Phi) is 3.09. The number of ether oxygens (including phenoxy) is 1. The van der Waals surface area contributed by atoms with E-state index in [0.717, 1.165) is 22.6 Å². The third kappa shape index (κ3) is 2.28. The number of rotatable bonds is 3. The van der Waals surface area contributed by atoms with Crippen LogP contribution in [-0.2, 0) is 0 Å². The molecule has 90 valence electrons. The molecule has 0 aliphatic heterocycles. The minimum absolute atomic E-state index is 0.421. The highest BCUT2D eigenvalue weighted by atomic mass is 16.5. The quantitative estimate of drug-likeness (QED) is 0.878. The lowest BCUT2D eigenvalue weighted by Crippen LogP contribution is -1.95. The van der Waals surface area contributed by atoms with Crippen molar-refractivity contribution < 1.29 is 4.74 Å². The molecule has 0 amide bonds. The molecule has 2 N–H and O–H groups in total. The molecule has 0 aliphatic carbocycles. The lowest BCUT2D eigenvalue weighted by molar-refractivity contribution is 0.415. The summed E-state index contributed by atoms with van der Waals surface area (Å²) in [6.07, 6.45) is 4.06. The fourth-order valence-corrected chi connectivity index (χ4v) is 1.80. The van der Waals surface area contributed by atoms with Gasteiger partial charge in [-0.3, -0.25) is 0 Å². The van der Waals surface area contributed by atoms with Crippen molar-refractivity contribution in [2.45, 2.75) is 19.9 Å². The molecule has 0 saturated carbocycles. The third-order valence-electron chi connectivity index (χ3n) is 2.87. The van der Waals surface area contributed by atoms with E-state index >= 15 is 0 Å². The SMILES string of the molecule is COc1ccc(-c2cn(C(C)C)cc2N)cc1. The van der Waals surface area contributed by atoms with Crippen LogP contribution >= 0.6 is 0 Å². The predicted molar refractivity (Wildman–Crippen MR) is 71.2 cm³/mol. The monoisotopic (exact) mass is 230 g/mol. The molecule has 1 aromatic carbocycles. The molecule has 0 spiro atoms. The summed E-state index contributed by atoms with van der Waals surface area (Å²) in [5.74, 6) is 0.857. The van der Waals surface area contributed by atoms with Crippen LogP contribution in [0.25, 0.3) is 11.1 Å². The van der Waals surface area contributed by atoms with E-state index in [4.69, 9.17) is 10.5 Å². The maximum absolute atomic E-state index is 6.03. The molecule has 3 heteroatoms. The maximum atomic E-state index is 6.03. The zero-order valence-corrected chi connectivity index (χ0v) is 10.5. The van der Waals surface area contributed by atoms with Crippen LogP contribution in [0.2, 0.25) is 0 Å². The first-order chi connectivity index (χ1) is 8.11. The number of nitrogen functional groups attached to an aromatic ring is 1. The van der Waals surface area contributed by atoms with Gasteiger partial charge in [-0.2, -0.15) is 0 Å². The Morgan fingerprint density at radius 3 is 2.24 bits per heavy atom. The second-order valence-electron chi connectivity index (χ2n) is 4.40. The largest absolute Gasteiger partial charge is 0.497 e. The second-order valence-corrected chi connectivity index (χ2v) is 4.40. The second kappa shape index (κ2) is 4.53. The fourth-order valence-electron chi connectivity index (χ4n) is 1.80. The standard InChI is InChI=1S/C14H18N2O/c1-10(2)16-8-13(14(15)9-16)11-4-6-12(17-3)7-5-11/h4-10H,15H2,1-3H3. The molecular formula is C14H18N2O. The third-order valence-corrected chi connectivity index (χ3v) is 2.87. The van der Waals surface area contributed by atoms with Crippen LogP contribution in [0.3, 0.4) is 0 Å². The number of aromatic nitrogens is 1. The number of hydrogen-bond acceptors (Lipinski definition) is 2. The van der Waals surface area contributed by atoms with Crippen LogP contribution in [-0.4, -0.2) is 11.7 Å². The van der Waals surface area contributed by atoms with E-state index in [1.54, 1.807) is 7.11 Å². The van der Waals surface area contributed by atoms with E-state index in [-0.39, 0.29) is 0 Å². The fraction of sp³-hybridized carbons (Fsp3) is 0.286. The zero-order valence-electron chi connectivity index (χ0n) is 10.5. The first-order valence-corrected chi connectivity index (χ1v) is 5.73. The van der Waals surface area contributed by atoms with Crippen LogP contribution in [0.1, 0.15) is 19.9 Å². The lowest BCUT2D eigenvalue weighted by atomic mass is 10.1. The van der Waals surface area contributed by atoms with Crippen molar-refractivity contribution in [3.8, 4) is 16.9 Å². The Bertz CT molecular complexity index is 497. The molecule has 17 heavy (non-hydrogen) atoms. The van der Waals surface area contributed by atoms with Gasteiger partial charge in [-0.15, -0.1) is 0 Å². The molecule has 3 nitrogen and oxygen atoms in total. The average Bonchev–Trinajstić information content (AvgIpc) is 2.72. The van der Waals surface area contributed by atoms with Gasteiger partial charge in [0.1, 0.15) is 5.75 Å². The highest BCUT2D eigenvalue weighted by Gasteiger charge is 2.08. The molecule has 2 rings (SSSR count). The first-order valence-electron chi connectivity index (χ1n) is 5.73. The normalized spacial score (nSPS) is 10.8. The van der Waals surface area contributed by atoms with Gasteiger partial charge in [0.15, 0.2) is 0 Å². The van der Waals surface area contributed by atoms with Crippen LogP contribution in [0.5, 0.6) is 5.75 Å². The number of hydrogen-bond donors (Lipinski definition) is 1. The number of nitrogens with zero attached hydrogens (tertiary/aromatic N) is 1. The maximum Gasteiger partial charge on any atom is 0.118 e. The molecule has 2 aromatic rings. The first kappa shape index (κ1) is 11.6. The summed E-state index contributed by atoms with van der Waals surface area (Å²) in [4.78, 5) is 0. The van der Waals surface area contributed by atoms with Crippen molar-refractivity contribution in [2.24, 2.45) is 0 Å². The molecule has 0 aliphatic rings. The van der Waals surface area contributed by atoms with Crippen LogP contribution in [0.15, 0.2) is 36.7 Å². The van der Waals surface area contributed by atoms with Gasteiger partial charge in [-0.05, 0) is 31.5 Å². The zero-order chi connectivity index (χ0) is 12.4. The molecule has 0 radical (unpaired) electrons. The molecule has 0 unspecified atom stereocenters. The predicted octanol–water partition coefficient (Wildman–Crippen LogP) is 3.33. The van der Waals surface area contributed by atoms with Gasteiger partial charge in [-0.1, -0.05) is 12.1 Å². The van der Waals surface area contributed by atoms with Crippen molar-refractivity contribution in [2.75, 3.05) is 12.8 Å². The van der Waals surface area contributed by atoms with Gasteiger partial charge >= 0.3 is 0 Å². The molecular weight excluding hydrogens is 212 g/mol. The van der Waals surface area contributed by atoms with Gasteiger partial charge in [0.25, 0.3) is 0 Å². The number of nitrogens with two attached hydrogens (primary N) is 1. The summed E-state index contributed by atoms with van der Waals surface area (Å²) in [5.41, 5.74) is 9.02. The van der Waals surface area contributed by atoms with Crippen LogP contribution < -0.4 is 10.5 Å². The molecule has 0 atom stereocenters. The molecule has 0 bridgehead atoms. The van der Waals surface area contributed by atoms with E-state index in [1.807, 2.05) is 30.5 Å². The number of benzene rings is 1. The smallest absolute Gasteiger partial charge is 0.118 e. The van der Waals surface area contributed by atoms with E-state index in [2.05, 4.69) is 24.6 Å². The van der Waals surface area contributed by atoms with Crippen LogP contribution in [0, 0.1) is 0 Å². The van der Waals surface area contributed by atoms with Gasteiger partial charge in [0, 0.05) is 24.0 Å². The summed E-state index contributed by atoms with van der Waals surface area (Å²) >= 11 is 0. The average molecular weight is 230 g/mol. The van der Waals surface area contributed by atoms with Gasteiger partial charge in [-0.25, -0.2) is 0 Å². The van der Waals surface area contributed by atoms with E-state index < -0.39 is 0 Å². The van der Waals surface area contributed by atoms with Crippen molar-refractivity contribution in [1.29, 1.82) is 0 Å². The van der Waals surface area contributed by atoms with Gasteiger partial charge in [0.2, 0.25) is 0 Å². The van der Waals surface area contributed by atoms with Gasteiger partial charge in [0.05, 0.1) is 12.8 Å². The number of anilines is 1. The summed E-state index contributed by atoms with van der Waals surface area (Å²) in [7, 11) is 1.67. The Morgan fingerprint density at radius 1 is 1.12 bits per heavy atom. The summed E-state index contributed by atoms with van der Waals surface area (Å²) < 4.78 is 7.26. The highest BCUT2D eigenvalue weighted by Crippen LogP contribution is 2.29. The minimum atomic E-state index is 0.421. The highest BCUT2D eigenvalue weighted by molar-refractivity contribution is 5.76.